The molecule has 2 rings (SSSR count). The first kappa shape index (κ1) is 15.8. The zero-order valence-corrected chi connectivity index (χ0v) is 12.8. The summed E-state index contributed by atoms with van der Waals surface area (Å²) in [5.41, 5.74) is -0.163. The zero-order chi connectivity index (χ0) is 16.0. The van der Waals surface area contributed by atoms with Crippen molar-refractivity contribution in [2.45, 2.75) is 26.9 Å². The lowest BCUT2D eigenvalue weighted by Gasteiger charge is -2.22. The van der Waals surface area contributed by atoms with E-state index in [1.165, 1.54) is 0 Å². The van der Waals surface area contributed by atoms with Crippen LogP contribution in [0.5, 0.6) is 0 Å². The fourth-order valence-corrected chi connectivity index (χ4v) is 1.90. The van der Waals surface area contributed by atoms with Gasteiger partial charge in [-0.2, -0.15) is 0 Å². The molecule has 0 radical (unpaired) electrons. The van der Waals surface area contributed by atoms with Crippen LogP contribution in [-0.2, 0) is 22.7 Å². The second kappa shape index (κ2) is 6.93. The molecule has 0 spiro atoms. The number of hydrogen-bond donors (Lipinski definition) is 2. The van der Waals surface area contributed by atoms with Gasteiger partial charge in [-0.05, 0) is 31.5 Å². The molecule has 0 saturated heterocycles. The standard InChI is InChI=1S/C17H20N2O3/c1-17(2,16(21)19-12-14-9-6-10-22-14)15(20)18-11-13-7-4-3-5-8-13/h3-10H,11-12H2,1-2H3,(H,18,20)(H,19,21). The Hall–Kier alpha value is -2.56. The monoisotopic (exact) mass is 300 g/mol. The van der Waals surface area contributed by atoms with Crippen molar-refractivity contribution < 1.29 is 14.0 Å². The fraction of sp³-hybridized carbons (Fsp3) is 0.294. The van der Waals surface area contributed by atoms with E-state index in [9.17, 15) is 9.59 Å². The lowest BCUT2D eigenvalue weighted by atomic mass is 9.91. The molecule has 5 heteroatoms. The average Bonchev–Trinajstić information content (AvgIpc) is 3.04. The van der Waals surface area contributed by atoms with E-state index in [4.69, 9.17) is 4.42 Å². The summed E-state index contributed by atoms with van der Waals surface area (Å²) in [4.78, 5) is 24.4. The molecule has 2 N–H and O–H groups in total. The number of benzene rings is 1. The first-order chi connectivity index (χ1) is 10.5. The third kappa shape index (κ3) is 3.97. The molecule has 0 unspecified atom stereocenters. The van der Waals surface area contributed by atoms with Crippen molar-refractivity contribution in [1.82, 2.24) is 10.6 Å². The van der Waals surface area contributed by atoms with Crippen LogP contribution in [0.4, 0.5) is 0 Å². The Bertz CT molecular complexity index is 619. The van der Waals surface area contributed by atoms with E-state index in [1.54, 1.807) is 32.2 Å². The van der Waals surface area contributed by atoms with Crippen LogP contribution < -0.4 is 10.6 Å². The molecule has 2 amide bonds. The molecular formula is C17H20N2O3. The van der Waals surface area contributed by atoms with E-state index in [2.05, 4.69) is 10.6 Å². The van der Waals surface area contributed by atoms with Gasteiger partial charge in [-0.3, -0.25) is 9.59 Å². The highest BCUT2D eigenvalue weighted by molar-refractivity contribution is 6.04. The summed E-state index contributed by atoms with van der Waals surface area (Å²) < 4.78 is 5.15. The van der Waals surface area contributed by atoms with Gasteiger partial charge >= 0.3 is 0 Å². The highest BCUT2D eigenvalue weighted by Crippen LogP contribution is 2.16. The number of carbonyl (C=O) groups is 2. The molecular weight excluding hydrogens is 280 g/mol. The van der Waals surface area contributed by atoms with Crippen molar-refractivity contribution in [3.63, 3.8) is 0 Å². The Morgan fingerprint density at radius 1 is 0.955 bits per heavy atom. The second-order valence-corrected chi connectivity index (χ2v) is 5.56. The van der Waals surface area contributed by atoms with Gasteiger partial charge in [0.25, 0.3) is 0 Å². The van der Waals surface area contributed by atoms with Gasteiger partial charge in [0.05, 0.1) is 12.8 Å². The molecule has 22 heavy (non-hydrogen) atoms. The van der Waals surface area contributed by atoms with Gasteiger partial charge in [-0.1, -0.05) is 30.3 Å². The SMILES string of the molecule is CC(C)(C(=O)NCc1ccccc1)C(=O)NCc1ccco1. The molecule has 0 bridgehead atoms. The minimum Gasteiger partial charge on any atom is -0.467 e. The molecule has 1 aromatic heterocycles. The minimum absolute atomic E-state index is 0.265. The van der Waals surface area contributed by atoms with Crippen molar-refractivity contribution in [2.24, 2.45) is 5.41 Å². The maximum atomic E-state index is 12.2. The van der Waals surface area contributed by atoms with Crippen LogP contribution in [0.25, 0.3) is 0 Å². The minimum atomic E-state index is -1.15. The average molecular weight is 300 g/mol. The second-order valence-electron chi connectivity index (χ2n) is 5.56. The summed E-state index contributed by atoms with van der Waals surface area (Å²) >= 11 is 0. The van der Waals surface area contributed by atoms with Gasteiger partial charge in [-0.25, -0.2) is 0 Å². The lowest BCUT2D eigenvalue weighted by molar-refractivity contribution is -0.141. The Morgan fingerprint density at radius 3 is 2.18 bits per heavy atom. The number of carbonyl (C=O) groups excluding carboxylic acids is 2. The van der Waals surface area contributed by atoms with Gasteiger partial charge in [0, 0.05) is 6.54 Å². The van der Waals surface area contributed by atoms with Crippen molar-refractivity contribution in [1.29, 1.82) is 0 Å². The first-order valence-corrected chi connectivity index (χ1v) is 7.13. The zero-order valence-electron chi connectivity index (χ0n) is 12.8. The third-order valence-electron chi connectivity index (χ3n) is 3.43. The van der Waals surface area contributed by atoms with Crippen LogP contribution >= 0.6 is 0 Å². The molecule has 5 nitrogen and oxygen atoms in total. The third-order valence-corrected chi connectivity index (χ3v) is 3.43. The van der Waals surface area contributed by atoms with Crippen LogP contribution in [0.1, 0.15) is 25.2 Å². The normalized spacial score (nSPS) is 11.0. The van der Waals surface area contributed by atoms with E-state index >= 15 is 0 Å². The summed E-state index contributed by atoms with van der Waals surface area (Å²) in [6.45, 7) is 3.87. The Balaban J connectivity index is 1.87. The Kier molecular flexibility index (Phi) is 4.99. The van der Waals surface area contributed by atoms with E-state index in [-0.39, 0.29) is 18.4 Å². The summed E-state index contributed by atoms with van der Waals surface area (Å²) in [5.74, 6) is -0.00315. The Labute approximate surface area is 129 Å². The maximum Gasteiger partial charge on any atom is 0.235 e. The fourth-order valence-electron chi connectivity index (χ4n) is 1.90. The van der Waals surface area contributed by atoms with Gasteiger partial charge in [0.15, 0.2) is 0 Å². The first-order valence-electron chi connectivity index (χ1n) is 7.13. The maximum absolute atomic E-state index is 12.2. The quantitative estimate of drug-likeness (QED) is 0.804. The number of nitrogens with one attached hydrogen (secondary N) is 2. The van der Waals surface area contributed by atoms with E-state index in [0.717, 1.165) is 5.56 Å². The predicted octanol–water partition coefficient (Wildman–Crippen LogP) is 2.24. The van der Waals surface area contributed by atoms with Crippen molar-refractivity contribution in [3.8, 4) is 0 Å². The lowest BCUT2D eigenvalue weighted by Crippen LogP contribution is -2.47. The Morgan fingerprint density at radius 2 is 1.59 bits per heavy atom. The smallest absolute Gasteiger partial charge is 0.235 e. The van der Waals surface area contributed by atoms with Crippen LogP contribution in [0, 0.1) is 5.41 Å². The summed E-state index contributed by atoms with van der Waals surface area (Å²) in [6, 6.07) is 13.1. The van der Waals surface area contributed by atoms with E-state index in [0.29, 0.717) is 12.3 Å². The predicted molar refractivity (Wildman–Crippen MR) is 82.6 cm³/mol. The van der Waals surface area contributed by atoms with Crippen LogP contribution in [0.2, 0.25) is 0 Å². The number of hydrogen-bond acceptors (Lipinski definition) is 3. The molecule has 0 atom stereocenters. The molecule has 0 aliphatic heterocycles. The number of furan rings is 1. The molecule has 2 aromatic rings. The van der Waals surface area contributed by atoms with Gasteiger partial charge in [0.2, 0.25) is 11.8 Å². The van der Waals surface area contributed by atoms with Crippen molar-refractivity contribution in [3.05, 3.63) is 60.1 Å². The van der Waals surface area contributed by atoms with Crippen molar-refractivity contribution >= 4 is 11.8 Å². The molecule has 0 aliphatic carbocycles. The molecule has 1 aromatic carbocycles. The topological polar surface area (TPSA) is 71.3 Å². The van der Waals surface area contributed by atoms with Crippen LogP contribution in [0.15, 0.2) is 53.1 Å². The molecule has 1 heterocycles. The van der Waals surface area contributed by atoms with E-state index < -0.39 is 5.41 Å². The van der Waals surface area contributed by atoms with Gasteiger partial charge in [0.1, 0.15) is 11.2 Å². The molecule has 0 fully saturated rings. The molecule has 116 valence electrons. The molecule has 0 aliphatic rings. The summed E-state index contributed by atoms with van der Waals surface area (Å²) in [6.07, 6.45) is 1.54. The highest BCUT2D eigenvalue weighted by Gasteiger charge is 2.35. The van der Waals surface area contributed by atoms with Crippen LogP contribution in [-0.4, -0.2) is 11.8 Å². The van der Waals surface area contributed by atoms with Gasteiger partial charge < -0.3 is 15.1 Å². The summed E-state index contributed by atoms with van der Waals surface area (Å²) in [5, 5.41) is 5.50. The summed E-state index contributed by atoms with van der Waals surface area (Å²) in [7, 11) is 0. The van der Waals surface area contributed by atoms with Crippen LogP contribution in [0.3, 0.4) is 0 Å². The highest BCUT2D eigenvalue weighted by atomic mass is 16.3. The van der Waals surface area contributed by atoms with Crippen molar-refractivity contribution in [2.75, 3.05) is 0 Å². The molecule has 0 saturated carbocycles. The number of rotatable bonds is 6. The van der Waals surface area contributed by atoms with E-state index in [1.807, 2.05) is 30.3 Å². The number of amides is 2. The largest absolute Gasteiger partial charge is 0.467 e. The van der Waals surface area contributed by atoms with Gasteiger partial charge in [-0.15, -0.1) is 0 Å².